The van der Waals surface area contributed by atoms with Gasteiger partial charge in [-0.1, -0.05) is 116 Å². The molecule has 1 saturated heterocycles. The van der Waals surface area contributed by atoms with Crippen LogP contribution in [0.25, 0.3) is 0 Å². The summed E-state index contributed by atoms with van der Waals surface area (Å²) in [6.07, 6.45) is 5.05. The SMILES string of the molecule is [BH3-][P+](c1ccccc1)(c1ccccc1)C(CC1CCCP1(=S)c1ccccc1)c1ccccc1. The van der Waals surface area contributed by atoms with E-state index in [4.69, 9.17) is 11.8 Å². The summed E-state index contributed by atoms with van der Waals surface area (Å²) in [6.45, 7) is 0. The highest BCUT2D eigenvalue weighted by Gasteiger charge is 2.45. The highest BCUT2D eigenvalue weighted by atomic mass is 32.4. The average Bonchev–Trinajstić information content (AvgIpc) is 3.30. The molecule has 3 atom stereocenters. The molecule has 3 unspecified atom stereocenters. The van der Waals surface area contributed by atoms with Crippen LogP contribution in [-0.4, -0.2) is 19.4 Å². The van der Waals surface area contributed by atoms with Gasteiger partial charge in [-0.3, -0.25) is 0 Å². The monoisotopic (exact) mass is 498 g/mol. The molecule has 4 heteroatoms. The summed E-state index contributed by atoms with van der Waals surface area (Å²) in [5.74, 6) is 0. The Morgan fingerprint density at radius 3 is 1.74 bits per heavy atom. The quantitative estimate of drug-likeness (QED) is 0.221. The summed E-state index contributed by atoms with van der Waals surface area (Å²) in [5, 5.41) is 4.66. The lowest BCUT2D eigenvalue weighted by molar-refractivity contribution is 0.698. The Morgan fingerprint density at radius 2 is 1.21 bits per heavy atom. The molecule has 0 radical (unpaired) electrons. The molecule has 1 heterocycles. The molecule has 5 rings (SSSR count). The van der Waals surface area contributed by atoms with Crippen LogP contribution >= 0.6 is 13.2 Å². The van der Waals surface area contributed by atoms with Crippen LogP contribution in [0.15, 0.2) is 121 Å². The van der Waals surface area contributed by atoms with E-state index in [0.717, 1.165) is 0 Å². The first-order valence-corrected chi connectivity index (χ1v) is 16.3. The van der Waals surface area contributed by atoms with Crippen LogP contribution in [0, 0.1) is 0 Å². The minimum Gasteiger partial charge on any atom is -0.0923 e. The fraction of sp³-hybridized carbons (Fsp3) is 0.200. The standard InChI is InChI=1S/C30H33BP2S/c31-33(27-18-9-3-10-19-27,28-20-11-4-12-21-28)30(25-14-5-1-6-15-25)24-29-22-13-23-32(29,34)26-16-7-2-8-17-26/h1-12,14-21,29-30H,13,22-24H2,31H3. The van der Waals surface area contributed by atoms with Crippen molar-refractivity contribution in [2.75, 3.05) is 6.16 Å². The zero-order chi connectivity index (χ0) is 23.4. The van der Waals surface area contributed by atoms with E-state index in [0.29, 0.717) is 11.3 Å². The number of hydrogen-bond acceptors (Lipinski definition) is 1. The topological polar surface area (TPSA) is 0 Å². The number of hydrogen-bond donors (Lipinski definition) is 0. The second-order valence-corrected chi connectivity index (χ2v) is 16.5. The van der Waals surface area contributed by atoms with Crippen LogP contribution in [0.2, 0.25) is 0 Å². The summed E-state index contributed by atoms with van der Waals surface area (Å²) in [4.78, 5) is 0. The van der Waals surface area contributed by atoms with E-state index in [1.165, 1.54) is 36.3 Å². The second kappa shape index (κ2) is 10.3. The summed E-state index contributed by atoms with van der Waals surface area (Å²) in [5.41, 5.74) is 2.73. The molecule has 0 nitrogen and oxygen atoms in total. The van der Waals surface area contributed by atoms with Gasteiger partial charge in [0.25, 0.3) is 0 Å². The van der Waals surface area contributed by atoms with Gasteiger partial charge in [0.1, 0.15) is 7.57 Å². The molecular formula is C30H33BP2S. The molecule has 4 aromatic carbocycles. The number of benzene rings is 4. The summed E-state index contributed by atoms with van der Waals surface area (Å²) >= 11 is 6.62. The van der Waals surface area contributed by atoms with Crippen molar-refractivity contribution in [2.24, 2.45) is 0 Å². The van der Waals surface area contributed by atoms with E-state index in [1.54, 1.807) is 10.6 Å². The minimum absolute atomic E-state index is 0.00721. The normalized spacial score (nSPS) is 21.3. The van der Waals surface area contributed by atoms with Crippen LogP contribution in [0.1, 0.15) is 30.5 Å². The van der Waals surface area contributed by atoms with Crippen molar-refractivity contribution in [3.63, 3.8) is 0 Å². The lowest BCUT2D eigenvalue weighted by Gasteiger charge is -2.40. The third-order valence-corrected chi connectivity index (χ3v) is 15.6. The first-order chi connectivity index (χ1) is 16.6. The zero-order valence-corrected chi connectivity index (χ0v) is 21.4. The molecule has 4 aromatic rings. The maximum absolute atomic E-state index is 6.62. The Labute approximate surface area is 211 Å². The van der Waals surface area contributed by atoms with E-state index >= 15 is 0 Å². The fourth-order valence-electron chi connectivity index (χ4n) is 5.27. The molecule has 1 aliphatic rings. The molecule has 1 fully saturated rings. The van der Waals surface area contributed by atoms with E-state index in [1.807, 2.05) is 0 Å². The van der Waals surface area contributed by atoms with Crippen LogP contribution in [0.4, 0.5) is 0 Å². The van der Waals surface area contributed by atoms with Crippen molar-refractivity contribution in [3.05, 3.63) is 127 Å². The molecule has 0 bridgehead atoms. The van der Waals surface area contributed by atoms with Gasteiger partial charge in [0.15, 0.2) is 0 Å². The molecule has 0 saturated carbocycles. The lowest BCUT2D eigenvalue weighted by atomic mass is 10.1. The van der Waals surface area contributed by atoms with Gasteiger partial charge in [0, 0.05) is 0 Å². The van der Waals surface area contributed by atoms with E-state index < -0.39 is 13.2 Å². The molecule has 0 aliphatic carbocycles. The minimum atomic E-state index is -1.58. The molecular weight excluding hydrogens is 465 g/mol. The van der Waals surface area contributed by atoms with Gasteiger partial charge in [0.05, 0.1) is 16.3 Å². The van der Waals surface area contributed by atoms with Crippen molar-refractivity contribution < 1.29 is 0 Å². The second-order valence-electron chi connectivity index (χ2n) is 8.85. The van der Waals surface area contributed by atoms with Crippen molar-refractivity contribution in [3.8, 4) is 0 Å². The van der Waals surface area contributed by atoms with E-state index in [-0.39, 0.29) is 7.57 Å². The largest absolute Gasteiger partial charge is 0.139 e. The predicted octanol–water partition coefficient (Wildman–Crippen LogP) is 6.03. The Bertz CT molecular complexity index is 1210. The maximum atomic E-state index is 6.62. The van der Waals surface area contributed by atoms with Gasteiger partial charge >= 0.3 is 0 Å². The average molecular weight is 498 g/mol. The van der Waals surface area contributed by atoms with Crippen molar-refractivity contribution >= 4 is 48.5 Å². The maximum Gasteiger partial charge on any atom is 0.139 e. The smallest absolute Gasteiger partial charge is 0.0923 e. The first-order valence-electron chi connectivity index (χ1n) is 11.8. The van der Waals surface area contributed by atoms with Crippen LogP contribution in [0.5, 0.6) is 0 Å². The molecule has 0 aromatic heterocycles. The molecule has 0 amide bonds. The molecule has 1 aliphatic heterocycles. The van der Waals surface area contributed by atoms with Crippen LogP contribution in [-0.2, 0) is 11.8 Å². The number of rotatable bonds is 7. The fourth-order valence-corrected chi connectivity index (χ4v) is 13.2. The Kier molecular flexibility index (Phi) is 7.22. The van der Waals surface area contributed by atoms with Gasteiger partial charge in [-0.05, 0) is 72.3 Å². The first kappa shape index (κ1) is 23.8. The molecule has 0 N–H and O–H groups in total. The van der Waals surface area contributed by atoms with E-state index in [2.05, 4.69) is 121 Å². The summed E-state index contributed by atoms with van der Waals surface area (Å²) in [7, 11) is -1.49. The lowest BCUT2D eigenvalue weighted by Crippen LogP contribution is -2.29. The van der Waals surface area contributed by atoms with E-state index in [9.17, 15) is 0 Å². The van der Waals surface area contributed by atoms with Crippen LogP contribution in [0.3, 0.4) is 0 Å². The highest BCUT2D eigenvalue weighted by molar-refractivity contribution is 8.18. The summed E-state index contributed by atoms with van der Waals surface area (Å²) in [6, 6.07) is 44.0. The predicted molar refractivity (Wildman–Crippen MR) is 161 cm³/mol. The summed E-state index contributed by atoms with van der Waals surface area (Å²) < 4.78 is 0. The molecule has 172 valence electrons. The Morgan fingerprint density at radius 1 is 0.735 bits per heavy atom. The zero-order valence-electron chi connectivity index (χ0n) is 18.8. The van der Waals surface area contributed by atoms with Gasteiger partial charge < -0.3 is 0 Å². The molecule has 0 spiro atoms. The Balaban J connectivity index is 1.65. The third kappa shape index (κ3) is 4.49. The molecule has 34 heavy (non-hydrogen) atoms. The van der Waals surface area contributed by atoms with Crippen molar-refractivity contribution in [2.45, 2.75) is 30.6 Å². The highest BCUT2D eigenvalue weighted by Crippen LogP contribution is 2.69. The van der Waals surface area contributed by atoms with Gasteiger partial charge in [0.2, 0.25) is 0 Å². The van der Waals surface area contributed by atoms with Crippen molar-refractivity contribution in [1.82, 2.24) is 0 Å². The van der Waals surface area contributed by atoms with Crippen LogP contribution < -0.4 is 15.9 Å². The van der Waals surface area contributed by atoms with Crippen molar-refractivity contribution in [1.29, 1.82) is 0 Å². The van der Waals surface area contributed by atoms with Gasteiger partial charge in [-0.15, -0.1) is 0 Å². The van der Waals surface area contributed by atoms with Gasteiger partial charge in [-0.25, -0.2) is 0 Å². The third-order valence-electron chi connectivity index (χ3n) is 6.87. The van der Waals surface area contributed by atoms with Gasteiger partial charge in [-0.2, -0.15) is 0 Å². The Hall–Kier alpha value is -1.98.